The van der Waals surface area contributed by atoms with Gasteiger partial charge in [-0.05, 0) is 13.8 Å². The van der Waals surface area contributed by atoms with Gasteiger partial charge in [0.2, 0.25) is 0 Å². The molecule has 0 amide bonds. The summed E-state index contributed by atoms with van der Waals surface area (Å²) < 4.78 is 0. The Morgan fingerprint density at radius 2 is 2.15 bits per heavy atom. The summed E-state index contributed by atoms with van der Waals surface area (Å²) in [7, 11) is 2.08. The third-order valence-corrected chi connectivity index (χ3v) is 2.48. The molecule has 0 spiro atoms. The van der Waals surface area contributed by atoms with Crippen LogP contribution in [0.2, 0.25) is 0 Å². The van der Waals surface area contributed by atoms with Gasteiger partial charge in [-0.1, -0.05) is 6.58 Å². The number of nitrogens with zero attached hydrogens (tertiary/aromatic N) is 3. The molecule has 0 aromatic rings. The van der Waals surface area contributed by atoms with Gasteiger partial charge in [-0.3, -0.25) is 4.90 Å². The van der Waals surface area contributed by atoms with Crippen LogP contribution in [-0.2, 0) is 0 Å². The number of likely N-dealkylation sites (N-methyl/N-ethyl adjacent to an activating group) is 1. The Bertz CT molecular complexity index is 208. The zero-order valence-corrected chi connectivity index (χ0v) is 8.82. The van der Waals surface area contributed by atoms with E-state index in [1.807, 2.05) is 0 Å². The van der Waals surface area contributed by atoms with Crippen LogP contribution in [0.25, 0.3) is 0 Å². The largest absolute Gasteiger partial charge is 0.361 e. The first kappa shape index (κ1) is 10.3. The normalized spacial score (nSPS) is 22.8. The Hall–Kier alpha value is -0.830. The van der Waals surface area contributed by atoms with Crippen molar-refractivity contribution >= 4 is 5.84 Å². The molecule has 0 atom stereocenters. The monoisotopic (exact) mass is 181 g/mol. The van der Waals surface area contributed by atoms with Crippen molar-refractivity contribution in [3.8, 4) is 0 Å². The lowest BCUT2D eigenvalue weighted by molar-refractivity contribution is 0.204. The van der Waals surface area contributed by atoms with Gasteiger partial charge in [-0.25, -0.2) is 4.99 Å². The van der Waals surface area contributed by atoms with Gasteiger partial charge in [0.25, 0.3) is 0 Å². The second-order valence-corrected chi connectivity index (χ2v) is 3.71. The van der Waals surface area contributed by atoms with E-state index < -0.39 is 0 Å². The number of rotatable bonds is 2. The third kappa shape index (κ3) is 2.56. The molecule has 0 bridgehead atoms. The van der Waals surface area contributed by atoms with E-state index in [9.17, 15) is 0 Å². The van der Waals surface area contributed by atoms with E-state index in [4.69, 9.17) is 0 Å². The fourth-order valence-corrected chi connectivity index (χ4v) is 1.47. The number of aliphatic imine (C=N–C) groups is 1. The standard InChI is InChI=1S/C10H19N3/c1-5-11-10-8-13(9(2)3)7-6-12(10)4/h5,9H,1,6-8H2,2-4H3. The first-order chi connectivity index (χ1) is 6.15. The summed E-state index contributed by atoms with van der Waals surface area (Å²) in [6.45, 7) is 11.2. The highest BCUT2D eigenvalue weighted by atomic mass is 15.3. The molecule has 3 heteroatoms. The molecular weight excluding hydrogens is 162 g/mol. The minimum atomic E-state index is 0.601. The Balaban J connectivity index is 2.63. The van der Waals surface area contributed by atoms with Crippen LogP contribution >= 0.6 is 0 Å². The van der Waals surface area contributed by atoms with Crippen LogP contribution < -0.4 is 0 Å². The van der Waals surface area contributed by atoms with Gasteiger partial charge in [-0.2, -0.15) is 0 Å². The van der Waals surface area contributed by atoms with Crippen molar-refractivity contribution in [3.05, 3.63) is 12.8 Å². The van der Waals surface area contributed by atoms with Crippen LogP contribution in [-0.4, -0.2) is 48.4 Å². The zero-order valence-electron chi connectivity index (χ0n) is 8.82. The van der Waals surface area contributed by atoms with Crippen molar-refractivity contribution in [1.29, 1.82) is 0 Å². The summed E-state index contributed by atoms with van der Waals surface area (Å²) in [5.74, 6) is 1.12. The summed E-state index contributed by atoms with van der Waals surface area (Å²) in [5, 5.41) is 0. The second-order valence-electron chi connectivity index (χ2n) is 3.71. The van der Waals surface area contributed by atoms with E-state index in [2.05, 4.69) is 42.3 Å². The lowest BCUT2D eigenvalue weighted by atomic mass is 10.2. The van der Waals surface area contributed by atoms with Crippen molar-refractivity contribution in [2.75, 3.05) is 26.7 Å². The van der Waals surface area contributed by atoms with Crippen LogP contribution in [0.15, 0.2) is 17.8 Å². The lowest BCUT2D eigenvalue weighted by Crippen LogP contribution is -2.50. The number of hydrogen-bond acceptors (Lipinski definition) is 2. The maximum absolute atomic E-state index is 4.26. The summed E-state index contributed by atoms with van der Waals surface area (Å²) in [6.07, 6.45) is 1.62. The van der Waals surface area contributed by atoms with Crippen molar-refractivity contribution in [2.45, 2.75) is 19.9 Å². The fraction of sp³-hybridized carbons (Fsp3) is 0.700. The molecule has 0 N–H and O–H groups in total. The Kier molecular flexibility index (Phi) is 3.48. The average molecular weight is 181 g/mol. The third-order valence-electron chi connectivity index (χ3n) is 2.48. The minimum absolute atomic E-state index is 0.601. The van der Waals surface area contributed by atoms with Gasteiger partial charge in [0.1, 0.15) is 5.84 Å². The number of hydrogen-bond donors (Lipinski definition) is 0. The summed E-state index contributed by atoms with van der Waals surface area (Å²) in [4.78, 5) is 8.88. The van der Waals surface area contributed by atoms with Crippen molar-refractivity contribution in [3.63, 3.8) is 0 Å². The zero-order chi connectivity index (χ0) is 9.84. The molecule has 1 fully saturated rings. The molecule has 0 unspecified atom stereocenters. The molecule has 1 aliphatic heterocycles. The molecule has 3 nitrogen and oxygen atoms in total. The molecule has 1 aliphatic rings. The minimum Gasteiger partial charge on any atom is -0.361 e. The van der Waals surface area contributed by atoms with Crippen LogP contribution in [0.4, 0.5) is 0 Å². The summed E-state index contributed by atoms with van der Waals surface area (Å²) >= 11 is 0. The van der Waals surface area contributed by atoms with Crippen molar-refractivity contribution in [1.82, 2.24) is 9.80 Å². The molecule has 0 aromatic heterocycles. The second kappa shape index (κ2) is 4.42. The first-order valence-corrected chi connectivity index (χ1v) is 4.78. The van der Waals surface area contributed by atoms with E-state index in [0.29, 0.717) is 6.04 Å². The predicted molar refractivity (Wildman–Crippen MR) is 57.0 cm³/mol. The molecule has 74 valence electrons. The van der Waals surface area contributed by atoms with Crippen molar-refractivity contribution < 1.29 is 0 Å². The molecule has 1 heterocycles. The van der Waals surface area contributed by atoms with Crippen LogP contribution in [0.3, 0.4) is 0 Å². The average Bonchev–Trinajstić information content (AvgIpc) is 2.08. The highest BCUT2D eigenvalue weighted by Gasteiger charge is 2.20. The highest BCUT2D eigenvalue weighted by Crippen LogP contribution is 2.06. The Morgan fingerprint density at radius 3 is 2.69 bits per heavy atom. The molecular formula is C10H19N3. The SMILES string of the molecule is C=CN=C1CN(C(C)C)CCN1C. The van der Waals surface area contributed by atoms with E-state index >= 15 is 0 Å². The van der Waals surface area contributed by atoms with Crippen molar-refractivity contribution in [2.24, 2.45) is 4.99 Å². The number of amidine groups is 1. The van der Waals surface area contributed by atoms with E-state index in [0.717, 1.165) is 25.5 Å². The quantitative estimate of drug-likeness (QED) is 0.637. The number of piperazine rings is 1. The van der Waals surface area contributed by atoms with Crippen LogP contribution in [0.5, 0.6) is 0 Å². The predicted octanol–water partition coefficient (Wildman–Crippen LogP) is 1.18. The highest BCUT2D eigenvalue weighted by molar-refractivity contribution is 5.85. The summed E-state index contributed by atoms with van der Waals surface area (Å²) in [6, 6.07) is 0.601. The maximum Gasteiger partial charge on any atom is 0.118 e. The topological polar surface area (TPSA) is 18.8 Å². The van der Waals surface area contributed by atoms with E-state index in [1.165, 1.54) is 0 Å². The lowest BCUT2D eigenvalue weighted by Gasteiger charge is -2.36. The molecule has 0 radical (unpaired) electrons. The van der Waals surface area contributed by atoms with Gasteiger partial charge in [0.05, 0.1) is 6.54 Å². The van der Waals surface area contributed by atoms with Gasteiger partial charge in [0, 0.05) is 32.4 Å². The molecule has 0 aliphatic carbocycles. The fourth-order valence-electron chi connectivity index (χ4n) is 1.47. The van der Waals surface area contributed by atoms with E-state index in [-0.39, 0.29) is 0 Å². The first-order valence-electron chi connectivity index (χ1n) is 4.78. The molecule has 13 heavy (non-hydrogen) atoms. The Morgan fingerprint density at radius 1 is 1.46 bits per heavy atom. The molecule has 0 aromatic carbocycles. The van der Waals surface area contributed by atoms with Crippen LogP contribution in [0, 0.1) is 0 Å². The van der Waals surface area contributed by atoms with E-state index in [1.54, 1.807) is 6.20 Å². The van der Waals surface area contributed by atoms with Gasteiger partial charge >= 0.3 is 0 Å². The molecule has 0 saturated carbocycles. The smallest absolute Gasteiger partial charge is 0.118 e. The van der Waals surface area contributed by atoms with Gasteiger partial charge in [-0.15, -0.1) is 0 Å². The molecule has 1 rings (SSSR count). The molecule has 1 saturated heterocycles. The van der Waals surface area contributed by atoms with Gasteiger partial charge < -0.3 is 4.90 Å². The summed E-state index contributed by atoms with van der Waals surface area (Å²) in [5.41, 5.74) is 0. The van der Waals surface area contributed by atoms with Gasteiger partial charge in [0.15, 0.2) is 0 Å². The Labute approximate surface area is 80.7 Å². The van der Waals surface area contributed by atoms with Crippen LogP contribution in [0.1, 0.15) is 13.8 Å². The maximum atomic E-state index is 4.26.